The fourth-order valence-corrected chi connectivity index (χ4v) is 2.76. The zero-order valence-electron chi connectivity index (χ0n) is 10.3. The van der Waals surface area contributed by atoms with Crippen molar-refractivity contribution in [2.45, 2.75) is 46.0 Å². The lowest BCUT2D eigenvalue weighted by molar-refractivity contribution is 0.225. The number of hydrogen-bond donors (Lipinski definition) is 0. The Balaban J connectivity index is 2.25. The standard InChI is InChI=1S/C13H26BrN/c1-3-5-13(9-14)11-15(8-4-2)10-12-6-7-12/h12-13H,3-11H2,1-2H3. The van der Waals surface area contributed by atoms with Gasteiger partial charge in [-0.1, -0.05) is 36.2 Å². The maximum absolute atomic E-state index is 3.65. The molecule has 0 bridgehead atoms. The first-order valence-electron chi connectivity index (χ1n) is 6.58. The van der Waals surface area contributed by atoms with E-state index in [4.69, 9.17) is 0 Å². The van der Waals surface area contributed by atoms with E-state index in [9.17, 15) is 0 Å². The van der Waals surface area contributed by atoms with Crippen molar-refractivity contribution in [3.8, 4) is 0 Å². The molecule has 0 aliphatic heterocycles. The number of alkyl halides is 1. The number of halogens is 1. The summed E-state index contributed by atoms with van der Waals surface area (Å²) in [5, 5.41) is 1.17. The summed E-state index contributed by atoms with van der Waals surface area (Å²) in [4.78, 5) is 2.69. The summed E-state index contributed by atoms with van der Waals surface area (Å²) in [6.45, 7) is 8.55. The first-order valence-corrected chi connectivity index (χ1v) is 7.70. The summed E-state index contributed by atoms with van der Waals surface area (Å²) < 4.78 is 0. The van der Waals surface area contributed by atoms with Crippen molar-refractivity contribution in [1.29, 1.82) is 0 Å². The second-order valence-corrected chi connectivity index (χ2v) is 5.66. The van der Waals surface area contributed by atoms with Crippen molar-refractivity contribution in [1.82, 2.24) is 4.90 Å². The van der Waals surface area contributed by atoms with Gasteiger partial charge in [-0.25, -0.2) is 0 Å². The van der Waals surface area contributed by atoms with Crippen LogP contribution in [-0.4, -0.2) is 29.9 Å². The van der Waals surface area contributed by atoms with Gasteiger partial charge in [0.1, 0.15) is 0 Å². The van der Waals surface area contributed by atoms with Crippen molar-refractivity contribution >= 4 is 15.9 Å². The van der Waals surface area contributed by atoms with Crippen LogP contribution in [-0.2, 0) is 0 Å². The molecule has 0 aromatic heterocycles. The van der Waals surface area contributed by atoms with E-state index in [1.807, 2.05) is 0 Å². The fraction of sp³-hybridized carbons (Fsp3) is 1.00. The molecule has 0 radical (unpaired) electrons. The topological polar surface area (TPSA) is 3.24 Å². The van der Waals surface area contributed by atoms with Crippen molar-refractivity contribution in [3.63, 3.8) is 0 Å². The SMILES string of the molecule is CCCC(CBr)CN(CCC)CC1CC1. The normalized spacial score (nSPS) is 18.4. The van der Waals surface area contributed by atoms with Gasteiger partial charge in [0.05, 0.1) is 0 Å². The Morgan fingerprint density at radius 1 is 1.27 bits per heavy atom. The van der Waals surface area contributed by atoms with Crippen molar-refractivity contribution in [3.05, 3.63) is 0 Å². The van der Waals surface area contributed by atoms with Gasteiger partial charge in [0.15, 0.2) is 0 Å². The highest BCUT2D eigenvalue weighted by Crippen LogP contribution is 2.30. The molecule has 1 atom stereocenters. The van der Waals surface area contributed by atoms with E-state index in [1.54, 1.807) is 0 Å². The van der Waals surface area contributed by atoms with Gasteiger partial charge >= 0.3 is 0 Å². The third-order valence-electron chi connectivity index (χ3n) is 3.18. The van der Waals surface area contributed by atoms with Gasteiger partial charge in [0.25, 0.3) is 0 Å². The molecular weight excluding hydrogens is 250 g/mol. The first kappa shape index (κ1) is 13.5. The summed E-state index contributed by atoms with van der Waals surface area (Å²) in [5.74, 6) is 1.90. The van der Waals surface area contributed by atoms with Gasteiger partial charge in [-0.3, -0.25) is 0 Å². The fourth-order valence-electron chi connectivity index (χ4n) is 2.23. The molecule has 0 N–H and O–H groups in total. The van der Waals surface area contributed by atoms with Crippen LogP contribution in [0.15, 0.2) is 0 Å². The van der Waals surface area contributed by atoms with Crippen molar-refractivity contribution in [2.75, 3.05) is 25.0 Å². The Bertz CT molecular complexity index is 157. The van der Waals surface area contributed by atoms with E-state index < -0.39 is 0 Å². The third kappa shape index (κ3) is 5.91. The minimum Gasteiger partial charge on any atom is -0.303 e. The largest absolute Gasteiger partial charge is 0.303 e. The lowest BCUT2D eigenvalue weighted by Crippen LogP contribution is -2.32. The molecule has 1 unspecified atom stereocenters. The van der Waals surface area contributed by atoms with Gasteiger partial charge in [0.2, 0.25) is 0 Å². The van der Waals surface area contributed by atoms with E-state index in [-0.39, 0.29) is 0 Å². The molecule has 1 nitrogen and oxygen atoms in total. The molecular formula is C13H26BrN. The zero-order chi connectivity index (χ0) is 11.1. The van der Waals surface area contributed by atoms with Crippen LogP contribution >= 0.6 is 15.9 Å². The Labute approximate surface area is 104 Å². The predicted octanol–water partition coefficient (Wildman–Crippen LogP) is 3.92. The van der Waals surface area contributed by atoms with E-state index >= 15 is 0 Å². The van der Waals surface area contributed by atoms with Gasteiger partial charge in [-0.2, -0.15) is 0 Å². The summed E-state index contributed by atoms with van der Waals surface area (Å²) in [7, 11) is 0. The molecule has 2 heteroatoms. The Kier molecular flexibility index (Phi) is 6.91. The maximum atomic E-state index is 3.65. The molecule has 1 saturated carbocycles. The molecule has 0 spiro atoms. The molecule has 0 amide bonds. The second-order valence-electron chi connectivity index (χ2n) is 5.01. The zero-order valence-corrected chi connectivity index (χ0v) is 11.9. The predicted molar refractivity (Wildman–Crippen MR) is 71.6 cm³/mol. The lowest BCUT2D eigenvalue weighted by Gasteiger charge is -2.26. The smallest absolute Gasteiger partial charge is 0.00718 e. The maximum Gasteiger partial charge on any atom is 0.00718 e. The monoisotopic (exact) mass is 275 g/mol. The van der Waals surface area contributed by atoms with Gasteiger partial charge in [-0.05, 0) is 44.1 Å². The van der Waals surface area contributed by atoms with Crippen LogP contribution in [0.1, 0.15) is 46.0 Å². The molecule has 15 heavy (non-hydrogen) atoms. The molecule has 0 saturated heterocycles. The van der Waals surface area contributed by atoms with E-state index in [1.165, 1.54) is 57.1 Å². The molecule has 1 fully saturated rings. The van der Waals surface area contributed by atoms with E-state index in [0.29, 0.717) is 0 Å². The Hall–Kier alpha value is 0.440. The highest BCUT2D eigenvalue weighted by Gasteiger charge is 2.24. The van der Waals surface area contributed by atoms with Crippen molar-refractivity contribution in [2.24, 2.45) is 11.8 Å². The average molecular weight is 276 g/mol. The molecule has 90 valence electrons. The summed E-state index contributed by atoms with van der Waals surface area (Å²) in [5.41, 5.74) is 0. The lowest BCUT2D eigenvalue weighted by atomic mass is 10.1. The number of hydrogen-bond acceptors (Lipinski definition) is 1. The van der Waals surface area contributed by atoms with Crippen LogP contribution < -0.4 is 0 Å². The minimum atomic E-state index is 0.861. The van der Waals surface area contributed by atoms with Crippen LogP contribution in [0.25, 0.3) is 0 Å². The Morgan fingerprint density at radius 3 is 2.47 bits per heavy atom. The molecule has 1 aliphatic rings. The van der Waals surface area contributed by atoms with Crippen LogP contribution in [0.3, 0.4) is 0 Å². The van der Waals surface area contributed by atoms with Gasteiger partial charge in [-0.15, -0.1) is 0 Å². The van der Waals surface area contributed by atoms with Crippen molar-refractivity contribution < 1.29 is 0 Å². The molecule has 1 aliphatic carbocycles. The summed E-state index contributed by atoms with van der Waals surface area (Å²) in [6.07, 6.45) is 6.95. The summed E-state index contributed by atoms with van der Waals surface area (Å²) >= 11 is 3.65. The minimum absolute atomic E-state index is 0.861. The molecule has 1 rings (SSSR count). The second kappa shape index (κ2) is 7.67. The highest BCUT2D eigenvalue weighted by molar-refractivity contribution is 9.09. The molecule has 0 aromatic carbocycles. The average Bonchev–Trinajstić information content (AvgIpc) is 3.01. The van der Waals surface area contributed by atoms with Gasteiger partial charge < -0.3 is 4.90 Å². The third-order valence-corrected chi connectivity index (χ3v) is 4.10. The van der Waals surface area contributed by atoms with E-state index in [2.05, 4.69) is 34.7 Å². The van der Waals surface area contributed by atoms with Crippen LogP contribution in [0.5, 0.6) is 0 Å². The first-order chi connectivity index (χ1) is 7.30. The van der Waals surface area contributed by atoms with Crippen LogP contribution in [0, 0.1) is 11.8 Å². The number of rotatable bonds is 9. The molecule has 0 aromatic rings. The Morgan fingerprint density at radius 2 is 2.00 bits per heavy atom. The number of nitrogens with zero attached hydrogens (tertiary/aromatic N) is 1. The summed E-state index contributed by atoms with van der Waals surface area (Å²) in [6, 6.07) is 0. The van der Waals surface area contributed by atoms with Crippen LogP contribution in [0.4, 0.5) is 0 Å². The van der Waals surface area contributed by atoms with E-state index in [0.717, 1.165) is 11.8 Å². The quantitative estimate of drug-likeness (QED) is 0.577. The van der Waals surface area contributed by atoms with Gasteiger partial charge in [0, 0.05) is 18.4 Å². The highest BCUT2D eigenvalue weighted by atomic mass is 79.9. The van der Waals surface area contributed by atoms with Crippen LogP contribution in [0.2, 0.25) is 0 Å². The molecule has 0 heterocycles.